The van der Waals surface area contributed by atoms with E-state index in [1.54, 1.807) is 35.2 Å². The molecule has 3 heterocycles. The lowest BCUT2D eigenvalue weighted by molar-refractivity contribution is -0.137. The SMILES string of the molecule is COCOc1cc(C(F)(F)F)ccc1C(=O)Nc1ccc(Oc2ccc3c(c2)cc(C(=O)N2CCN(Cc4ccc(OC(F)F)cc4)CC2)n3C)nc1. The summed E-state index contributed by atoms with van der Waals surface area (Å²) >= 11 is 0. The molecule has 0 saturated carbocycles. The summed E-state index contributed by atoms with van der Waals surface area (Å²) in [5.41, 5.74) is 1.45. The van der Waals surface area contributed by atoms with Gasteiger partial charge in [-0.05, 0) is 66.2 Å². The number of hydrogen-bond acceptors (Lipinski definition) is 8. The number of alkyl halides is 5. The number of hydrogen-bond donors (Lipinski definition) is 1. The molecule has 11 nitrogen and oxygen atoms in total. The maximum Gasteiger partial charge on any atom is 0.416 e. The third-order valence-corrected chi connectivity index (χ3v) is 8.55. The highest BCUT2D eigenvalue weighted by Crippen LogP contribution is 2.34. The van der Waals surface area contributed by atoms with E-state index in [4.69, 9.17) is 14.2 Å². The van der Waals surface area contributed by atoms with Crippen molar-refractivity contribution in [2.45, 2.75) is 19.3 Å². The summed E-state index contributed by atoms with van der Waals surface area (Å²) in [6.45, 7) is -0.261. The first-order chi connectivity index (χ1) is 25.4. The average molecular weight is 740 g/mol. The number of carbonyl (C=O) groups is 2. The Morgan fingerprint density at radius 1 is 0.906 bits per heavy atom. The predicted molar refractivity (Wildman–Crippen MR) is 183 cm³/mol. The molecule has 0 aliphatic carbocycles. The fraction of sp³-hybridized carbons (Fsp3) is 0.270. The molecule has 1 aliphatic rings. The molecule has 0 bridgehead atoms. The van der Waals surface area contributed by atoms with Gasteiger partial charge in [-0.25, -0.2) is 4.98 Å². The van der Waals surface area contributed by atoms with Crippen LogP contribution in [0.25, 0.3) is 10.9 Å². The molecule has 0 radical (unpaired) electrons. The highest BCUT2D eigenvalue weighted by Gasteiger charge is 2.32. The Morgan fingerprint density at radius 3 is 2.30 bits per heavy atom. The number of rotatable bonds is 12. The molecule has 0 unspecified atom stereocenters. The number of piperazine rings is 1. The lowest BCUT2D eigenvalue weighted by Gasteiger charge is -2.34. The van der Waals surface area contributed by atoms with Crippen LogP contribution in [-0.4, -0.2) is 77.9 Å². The molecule has 2 amide bonds. The van der Waals surface area contributed by atoms with Crippen LogP contribution in [0.4, 0.5) is 27.6 Å². The maximum atomic E-state index is 13.6. The molecule has 278 valence electrons. The summed E-state index contributed by atoms with van der Waals surface area (Å²) in [5.74, 6) is -0.336. The van der Waals surface area contributed by atoms with Gasteiger partial charge in [0, 0.05) is 63.9 Å². The second-order valence-electron chi connectivity index (χ2n) is 12.1. The van der Waals surface area contributed by atoms with E-state index in [-0.39, 0.29) is 41.3 Å². The Hall–Kier alpha value is -5.74. The summed E-state index contributed by atoms with van der Waals surface area (Å²) in [5, 5.41) is 3.37. The van der Waals surface area contributed by atoms with Crippen LogP contribution < -0.4 is 19.5 Å². The minimum absolute atomic E-state index is 0.104. The van der Waals surface area contributed by atoms with Crippen molar-refractivity contribution in [1.29, 1.82) is 0 Å². The topological polar surface area (TPSA) is 107 Å². The first-order valence-electron chi connectivity index (χ1n) is 16.3. The Bertz CT molecular complexity index is 2060. The summed E-state index contributed by atoms with van der Waals surface area (Å²) in [4.78, 5) is 34.7. The highest BCUT2D eigenvalue weighted by molar-refractivity contribution is 6.06. The van der Waals surface area contributed by atoms with E-state index >= 15 is 0 Å². The number of amides is 2. The van der Waals surface area contributed by atoms with Crippen molar-refractivity contribution in [2.24, 2.45) is 7.05 Å². The van der Waals surface area contributed by atoms with Gasteiger partial charge in [0.15, 0.2) is 6.79 Å². The molecular weight excluding hydrogens is 705 g/mol. The molecule has 16 heteroatoms. The van der Waals surface area contributed by atoms with Crippen LogP contribution in [-0.2, 0) is 24.5 Å². The molecule has 53 heavy (non-hydrogen) atoms. The number of fused-ring (bicyclic) bond motifs is 1. The first-order valence-corrected chi connectivity index (χ1v) is 16.3. The predicted octanol–water partition coefficient (Wildman–Crippen LogP) is 7.18. The smallest absolute Gasteiger partial charge is 0.416 e. The van der Waals surface area contributed by atoms with Crippen molar-refractivity contribution < 1.29 is 50.5 Å². The van der Waals surface area contributed by atoms with Crippen LogP contribution in [0.5, 0.6) is 23.1 Å². The van der Waals surface area contributed by atoms with Crippen LogP contribution >= 0.6 is 0 Å². The molecule has 3 aromatic carbocycles. The zero-order chi connectivity index (χ0) is 37.7. The largest absolute Gasteiger partial charge is 0.467 e. The molecule has 2 aromatic heterocycles. The average Bonchev–Trinajstić information content (AvgIpc) is 3.46. The monoisotopic (exact) mass is 739 g/mol. The number of aryl methyl sites for hydroxylation is 1. The number of ether oxygens (including phenoxy) is 4. The van der Waals surface area contributed by atoms with E-state index in [1.165, 1.54) is 37.6 Å². The molecular formula is C37H34F5N5O6. The number of halogens is 5. The minimum atomic E-state index is -4.62. The van der Waals surface area contributed by atoms with Gasteiger partial charge in [-0.1, -0.05) is 12.1 Å². The van der Waals surface area contributed by atoms with Gasteiger partial charge in [0.05, 0.1) is 23.0 Å². The van der Waals surface area contributed by atoms with E-state index in [0.29, 0.717) is 44.2 Å². The number of anilines is 1. The summed E-state index contributed by atoms with van der Waals surface area (Å²) in [6, 6.07) is 19.3. The zero-order valence-corrected chi connectivity index (χ0v) is 28.5. The molecule has 5 aromatic rings. The molecule has 1 fully saturated rings. The summed E-state index contributed by atoms with van der Waals surface area (Å²) < 4.78 is 86.7. The van der Waals surface area contributed by atoms with Crippen LogP contribution in [0.1, 0.15) is 32.0 Å². The van der Waals surface area contributed by atoms with Crippen molar-refractivity contribution in [1.82, 2.24) is 19.4 Å². The molecule has 1 aliphatic heterocycles. The van der Waals surface area contributed by atoms with Crippen molar-refractivity contribution in [2.75, 3.05) is 45.4 Å². The Kier molecular flexibility index (Phi) is 11.1. The summed E-state index contributed by atoms with van der Waals surface area (Å²) in [6.07, 6.45) is -3.29. The van der Waals surface area contributed by atoms with Gasteiger partial charge in [0.1, 0.15) is 22.9 Å². The first kappa shape index (κ1) is 37.0. The van der Waals surface area contributed by atoms with Gasteiger partial charge in [-0.15, -0.1) is 0 Å². The van der Waals surface area contributed by atoms with Gasteiger partial charge in [0.2, 0.25) is 5.88 Å². The lowest BCUT2D eigenvalue weighted by Crippen LogP contribution is -2.48. The maximum absolute atomic E-state index is 13.6. The highest BCUT2D eigenvalue weighted by atomic mass is 19.4. The van der Waals surface area contributed by atoms with Gasteiger partial charge in [0.25, 0.3) is 11.8 Å². The van der Waals surface area contributed by atoms with E-state index < -0.39 is 24.3 Å². The fourth-order valence-corrected chi connectivity index (χ4v) is 5.86. The van der Waals surface area contributed by atoms with E-state index in [1.807, 2.05) is 17.7 Å². The molecule has 6 rings (SSSR count). The number of benzene rings is 3. The van der Waals surface area contributed by atoms with Crippen LogP contribution in [0.3, 0.4) is 0 Å². The molecule has 1 saturated heterocycles. The minimum Gasteiger partial charge on any atom is -0.467 e. The number of nitrogens with one attached hydrogen (secondary N) is 1. The van der Waals surface area contributed by atoms with Crippen molar-refractivity contribution in [3.05, 3.63) is 107 Å². The van der Waals surface area contributed by atoms with Crippen LogP contribution in [0.2, 0.25) is 0 Å². The van der Waals surface area contributed by atoms with E-state index in [2.05, 4.69) is 19.9 Å². The number of nitrogens with zero attached hydrogens (tertiary/aromatic N) is 4. The molecule has 1 N–H and O–H groups in total. The van der Waals surface area contributed by atoms with E-state index in [9.17, 15) is 31.5 Å². The Balaban J connectivity index is 1.05. The van der Waals surface area contributed by atoms with Crippen molar-refractivity contribution in [3.63, 3.8) is 0 Å². The Labute approximate surface area is 300 Å². The van der Waals surface area contributed by atoms with Crippen LogP contribution in [0, 0.1) is 0 Å². The van der Waals surface area contributed by atoms with Gasteiger partial charge < -0.3 is 33.7 Å². The third kappa shape index (κ3) is 9.02. The quantitative estimate of drug-likeness (QED) is 0.106. The fourth-order valence-electron chi connectivity index (χ4n) is 5.86. The number of methoxy groups -OCH3 is 1. The van der Waals surface area contributed by atoms with Gasteiger partial charge in [-0.2, -0.15) is 22.0 Å². The van der Waals surface area contributed by atoms with Crippen molar-refractivity contribution in [3.8, 4) is 23.1 Å². The molecule has 0 atom stereocenters. The van der Waals surface area contributed by atoms with Crippen LogP contribution in [0.15, 0.2) is 85.1 Å². The standard InChI is InChI=1S/C37H34F5N5O6/c1-45-30-11-9-28(52-33-12-6-26(20-43-33)44-34(48)29-10-5-25(37(40,41)42)19-32(29)51-22-50-2)17-24(30)18-31(45)35(49)47-15-13-46(14-16-47)21-23-3-7-27(8-4-23)53-36(38)39/h3-12,17-20,36H,13-16,21-22H2,1-2H3,(H,44,48). The van der Waals surface area contributed by atoms with Gasteiger partial charge in [-0.3, -0.25) is 14.5 Å². The number of aromatic nitrogens is 2. The third-order valence-electron chi connectivity index (χ3n) is 8.55. The zero-order valence-electron chi connectivity index (χ0n) is 28.5. The lowest BCUT2D eigenvalue weighted by atomic mass is 10.1. The van der Waals surface area contributed by atoms with E-state index in [0.717, 1.165) is 34.7 Å². The second kappa shape index (κ2) is 15.9. The van der Waals surface area contributed by atoms with Crippen molar-refractivity contribution >= 4 is 28.4 Å². The normalized spacial score (nSPS) is 13.7. The number of pyridine rings is 1. The number of carbonyl (C=O) groups excluding carboxylic acids is 2. The summed E-state index contributed by atoms with van der Waals surface area (Å²) in [7, 11) is 3.12. The van der Waals surface area contributed by atoms with Gasteiger partial charge >= 0.3 is 12.8 Å². The second-order valence-corrected chi connectivity index (χ2v) is 12.1. The Morgan fingerprint density at radius 2 is 1.64 bits per heavy atom. The molecule has 0 spiro atoms.